The average Bonchev–Trinajstić information content (AvgIpc) is 2.46. The van der Waals surface area contributed by atoms with Gasteiger partial charge in [0, 0.05) is 31.1 Å². The molecule has 4 nitrogen and oxygen atoms in total. The summed E-state index contributed by atoms with van der Waals surface area (Å²) in [5.41, 5.74) is 0.722. The average molecular weight is 324 g/mol. The molecule has 1 aromatic carbocycles. The third kappa shape index (κ3) is 4.21. The van der Waals surface area contributed by atoms with Gasteiger partial charge in [-0.1, -0.05) is 12.1 Å². The van der Waals surface area contributed by atoms with E-state index in [0.29, 0.717) is 5.56 Å². The number of aromatic carboxylic acids is 1. The first-order valence-electron chi connectivity index (χ1n) is 7.43. The molecule has 0 amide bonds. The van der Waals surface area contributed by atoms with Crippen molar-refractivity contribution in [1.82, 2.24) is 0 Å². The van der Waals surface area contributed by atoms with Crippen LogP contribution < -0.4 is 0 Å². The number of carbonyl (C=O) groups is 3. The van der Waals surface area contributed by atoms with E-state index in [1.807, 2.05) is 0 Å². The van der Waals surface area contributed by atoms with Gasteiger partial charge in [-0.2, -0.15) is 0 Å². The zero-order valence-electron chi connectivity index (χ0n) is 12.7. The van der Waals surface area contributed by atoms with Gasteiger partial charge in [-0.15, -0.1) is 0 Å². The van der Waals surface area contributed by atoms with Crippen LogP contribution in [0.2, 0.25) is 0 Å². The first-order chi connectivity index (χ1) is 10.7. The predicted octanol–water partition coefficient (Wildman–Crippen LogP) is 3.14. The Morgan fingerprint density at radius 1 is 1.17 bits per heavy atom. The second kappa shape index (κ2) is 6.56. The van der Waals surface area contributed by atoms with Crippen molar-refractivity contribution in [2.75, 3.05) is 0 Å². The smallest absolute Gasteiger partial charge is 0.335 e. The second-order valence-corrected chi connectivity index (χ2v) is 6.07. The molecule has 2 rings (SSSR count). The minimum absolute atomic E-state index is 0.00326. The normalized spacial score (nSPS) is 23.3. The number of rotatable bonds is 5. The lowest BCUT2D eigenvalue weighted by molar-refractivity contribution is -0.141. The molecule has 0 aliphatic heterocycles. The Balaban J connectivity index is 2.09. The van der Waals surface area contributed by atoms with Gasteiger partial charge in [-0.25, -0.2) is 13.6 Å². The maximum Gasteiger partial charge on any atom is 0.335 e. The third-order valence-corrected chi connectivity index (χ3v) is 4.34. The summed E-state index contributed by atoms with van der Waals surface area (Å²) in [6.45, 7) is 1.24. The Hall–Kier alpha value is -2.11. The number of ketones is 2. The fourth-order valence-electron chi connectivity index (χ4n) is 3.04. The molecule has 1 N–H and O–H groups in total. The van der Waals surface area contributed by atoms with E-state index >= 15 is 0 Å². The molecule has 0 spiro atoms. The van der Waals surface area contributed by atoms with E-state index in [-0.39, 0.29) is 36.4 Å². The SMILES string of the molecule is CC(=O)[C@@H]1CC(F)(F)CC[C@H]1C(=O)Cc1ccc(C(=O)O)cc1. The van der Waals surface area contributed by atoms with Crippen molar-refractivity contribution in [1.29, 1.82) is 0 Å². The number of carbonyl (C=O) groups excluding carboxylic acids is 2. The summed E-state index contributed by atoms with van der Waals surface area (Å²) < 4.78 is 27.0. The van der Waals surface area contributed by atoms with Crippen molar-refractivity contribution in [2.24, 2.45) is 11.8 Å². The van der Waals surface area contributed by atoms with Gasteiger partial charge in [0.2, 0.25) is 5.92 Å². The molecule has 0 unspecified atom stereocenters. The molecule has 2 atom stereocenters. The van der Waals surface area contributed by atoms with Crippen molar-refractivity contribution in [3.05, 3.63) is 35.4 Å². The van der Waals surface area contributed by atoms with Gasteiger partial charge < -0.3 is 5.11 Å². The number of alkyl halides is 2. The summed E-state index contributed by atoms with van der Waals surface area (Å²) in [6.07, 6.45) is -0.939. The molecule has 23 heavy (non-hydrogen) atoms. The van der Waals surface area contributed by atoms with Crippen molar-refractivity contribution in [3.8, 4) is 0 Å². The topological polar surface area (TPSA) is 71.4 Å². The lowest BCUT2D eigenvalue weighted by Crippen LogP contribution is -2.40. The Labute approximate surface area is 132 Å². The highest BCUT2D eigenvalue weighted by Gasteiger charge is 2.45. The van der Waals surface area contributed by atoms with E-state index in [4.69, 9.17) is 5.11 Å². The van der Waals surface area contributed by atoms with Crippen LogP contribution in [0.5, 0.6) is 0 Å². The maximum atomic E-state index is 13.5. The zero-order valence-corrected chi connectivity index (χ0v) is 12.7. The van der Waals surface area contributed by atoms with Crippen LogP contribution in [0.3, 0.4) is 0 Å². The summed E-state index contributed by atoms with van der Waals surface area (Å²) in [6, 6.07) is 5.84. The first kappa shape index (κ1) is 17.2. The molecule has 0 radical (unpaired) electrons. The molecule has 1 saturated carbocycles. The first-order valence-corrected chi connectivity index (χ1v) is 7.43. The fraction of sp³-hybridized carbons (Fsp3) is 0.471. The van der Waals surface area contributed by atoms with E-state index < -0.39 is 30.1 Å². The Bertz CT molecular complexity index is 622. The van der Waals surface area contributed by atoms with Crippen LogP contribution in [-0.2, 0) is 16.0 Å². The molecule has 0 saturated heterocycles. The van der Waals surface area contributed by atoms with Crippen molar-refractivity contribution in [2.45, 2.75) is 38.5 Å². The van der Waals surface area contributed by atoms with Crippen LogP contribution >= 0.6 is 0 Å². The maximum absolute atomic E-state index is 13.5. The van der Waals surface area contributed by atoms with Crippen molar-refractivity contribution >= 4 is 17.5 Å². The molecule has 0 aromatic heterocycles. The molecule has 6 heteroatoms. The van der Waals surface area contributed by atoms with Crippen LogP contribution in [0.25, 0.3) is 0 Å². The van der Waals surface area contributed by atoms with Crippen LogP contribution in [-0.4, -0.2) is 28.6 Å². The highest BCUT2D eigenvalue weighted by molar-refractivity contribution is 5.91. The molecule has 0 bridgehead atoms. The van der Waals surface area contributed by atoms with Gasteiger partial charge in [-0.3, -0.25) is 9.59 Å². The summed E-state index contributed by atoms with van der Waals surface area (Å²) in [5, 5.41) is 8.83. The van der Waals surface area contributed by atoms with E-state index in [9.17, 15) is 23.2 Å². The van der Waals surface area contributed by atoms with E-state index in [0.717, 1.165) is 0 Å². The van der Waals surface area contributed by atoms with Crippen LogP contribution in [0, 0.1) is 11.8 Å². The highest BCUT2D eigenvalue weighted by atomic mass is 19.3. The molecule has 0 heterocycles. The Morgan fingerprint density at radius 2 is 1.78 bits per heavy atom. The fourth-order valence-corrected chi connectivity index (χ4v) is 3.04. The monoisotopic (exact) mass is 324 g/mol. The van der Waals surface area contributed by atoms with Crippen LogP contribution in [0.4, 0.5) is 8.78 Å². The van der Waals surface area contributed by atoms with Gasteiger partial charge in [0.1, 0.15) is 11.6 Å². The largest absolute Gasteiger partial charge is 0.478 e. The minimum Gasteiger partial charge on any atom is -0.478 e. The summed E-state index contributed by atoms with van der Waals surface area (Å²) in [5.74, 6) is -6.21. The second-order valence-electron chi connectivity index (χ2n) is 6.07. The Kier molecular flexibility index (Phi) is 4.92. The van der Waals surface area contributed by atoms with Crippen LogP contribution in [0.15, 0.2) is 24.3 Å². The zero-order chi connectivity index (χ0) is 17.2. The summed E-state index contributed by atoms with van der Waals surface area (Å²) in [7, 11) is 0. The van der Waals surface area contributed by atoms with Crippen molar-refractivity contribution in [3.63, 3.8) is 0 Å². The Morgan fingerprint density at radius 3 is 2.30 bits per heavy atom. The van der Waals surface area contributed by atoms with Gasteiger partial charge >= 0.3 is 5.97 Å². The number of carboxylic acid groups (broad SMARTS) is 1. The molecule has 1 fully saturated rings. The lowest BCUT2D eigenvalue weighted by Gasteiger charge is -2.33. The highest BCUT2D eigenvalue weighted by Crippen LogP contribution is 2.41. The van der Waals surface area contributed by atoms with Gasteiger partial charge in [0.05, 0.1) is 5.56 Å². The number of halogens is 2. The summed E-state index contributed by atoms with van der Waals surface area (Å²) >= 11 is 0. The molecule has 1 aliphatic rings. The number of carboxylic acids is 1. The van der Waals surface area contributed by atoms with Gasteiger partial charge in [-0.05, 0) is 31.0 Å². The van der Waals surface area contributed by atoms with Crippen molar-refractivity contribution < 1.29 is 28.3 Å². The third-order valence-electron chi connectivity index (χ3n) is 4.34. The number of hydrogen-bond acceptors (Lipinski definition) is 3. The lowest BCUT2D eigenvalue weighted by atomic mass is 9.72. The van der Waals surface area contributed by atoms with E-state index in [2.05, 4.69) is 0 Å². The van der Waals surface area contributed by atoms with Crippen LogP contribution in [0.1, 0.15) is 42.1 Å². The minimum atomic E-state index is -2.89. The number of Topliss-reactive ketones (excluding diaryl/α,β-unsaturated/α-hetero) is 2. The predicted molar refractivity (Wildman–Crippen MR) is 78.6 cm³/mol. The molecule has 124 valence electrons. The number of hydrogen-bond donors (Lipinski definition) is 1. The van der Waals surface area contributed by atoms with Gasteiger partial charge in [0.25, 0.3) is 0 Å². The molecule has 1 aliphatic carbocycles. The molecule has 1 aromatic rings. The summed E-state index contributed by atoms with van der Waals surface area (Å²) in [4.78, 5) is 34.8. The molecular weight excluding hydrogens is 306 g/mol. The van der Waals surface area contributed by atoms with Gasteiger partial charge in [0.15, 0.2) is 0 Å². The number of benzene rings is 1. The quantitative estimate of drug-likeness (QED) is 0.903. The van der Waals surface area contributed by atoms with E-state index in [1.165, 1.54) is 31.2 Å². The standard InChI is InChI=1S/C17H18F2O4/c1-10(20)14-9-17(18,19)7-6-13(14)15(21)8-11-2-4-12(5-3-11)16(22)23/h2-5,13-14H,6-9H2,1H3,(H,22,23)/t13-,14+/m1/s1. The molecular formula is C17H18F2O4. The van der Waals surface area contributed by atoms with E-state index in [1.54, 1.807) is 0 Å².